The summed E-state index contributed by atoms with van der Waals surface area (Å²) in [5.41, 5.74) is 3.65. The summed E-state index contributed by atoms with van der Waals surface area (Å²) >= 11 is 0. The van der Waals surface area contributed by atoms with E-state index in [2.05, 4.69) is 31.2 Å². The third-order valence-electron chi connectivity index (χ3n) is 6.81. The first kappa shape index (κ1) is 27.5. The van der Waals surface area contributed by atoms with Gasteiger partial charge in [-0.3, -0.25) is 4.68 Å². The fraction of sp³-hybridized carbons (Fsp3) is 0.467. The molecule has 1 aliphatic heterocycles. The van der Waals surface area contributed by atoms with Gasteiger partial charge in [0.1, 0.15) is 22.7 Å². The molecule has 3 aromatic heterocycles. The average molecular weight is 547 g/mol. The number of anilines is 1. The van der Waals surface area contributed by atoms with Crippen LogP contribution in [-0.4, -0.2) is 60.1 Å². The van der Waals surface area contributed by atoms with Crippen molar-refractivity contribution in [3.63, 3.8) is 0 Å². The highest BCUT2D eigenvalue weighted by Crippen LogP contribution is 2.36. The second kappa shape index (κ2) is 10.1. The van der Waals surface area contributed by atoms with Crippen LogP contribution >= 0.6 is 0 Å². The number of aromatic nitrogens is 4. The number of aromatic hydroxyl groups is 1. The van der Waals surface area contributed by atoms with Gasteiger partial charge in [-0.25, -0.2) is 14.8 Å². The number of amides is 1. The number of nitrogens with one attached hydrogen (secondary N) is 1. The minimum Gasteiger partial charge on any atom is -0.508 e. The normalized spacial score (nSPS) is 15.0. The number of benzene rings is 1. The summed E-state index contributed by atoms with van der Waals surface area (Å²) in [5, 5.41) is 18.3. The van der Waals surface area contributed by atoms with E-state index in [-0.39, 0.29) is 23.4 Å². The standard InChI is InChI=1S/C30H38N6O4/c1-18-24(37)9-8-23-25(18)39-27(33-23)22-14-19(15-31-26(22)34-29(2,3)4)20-16-32-36(17-20)21-10-12-35(13-11-21)28(38)40-30(5,6)7/h8-9,14-17,21,37H,10-13H2,1-7H3,(H,31,34). The van der Waals surface area contributed by atoms with Crippen LogP contribution in [0.4, 0.5) is 10.6 Å². The molecule has 0 aliphatic carbocycles. The number of carbonyl (C=O) groups is 1. The second-order valence-electron chi connectivity index (χ2n) is 12.5. The molecule has 0 spiro atoms. The lowest BCUT2D eigenvalue weighted by Crippen LogP contribution is -2.42. The van der Waals surface area contributed by atoms with Crippen LogP contribution in [0, 0.1) is 6.92 Å². The first-order valence-electron chi connectivity index (χ1n) is 13.7. The fourth-order valence-corrected chi connectivity index (χ4v) is 4.79. The number of hydrogen-bond donors (Lipinski definition) is 2. The minimum absolute atomic E-state index is 0.166. The number of carbonyl (C=O) groups excluding carboxylic acids is 1. The van der Waals surface area contributed by atoms with E-state index in [1.54, 1.807) is 17.0 Å². The van der Waals surface area contributed by atoms with Crippen molar-refractivity contribution >= 4 is 23.0 Å². The molecule has 2 N–H and O–H groups in total. The number of hydrogen-bond acceptors (Lipinski definition) is 8. The lowest BCUT2D eigenvalue weighted by Gasteiger charge is -2.33. The lowest BCUT2D eigenvalue weighted by atomic mass is 10.0. The lowest BCUT2D eigenvalue weighted by molar-refractivity contribution is 0.0184. The monoisotopic (exact) mass is 546 g/mol. The molecule has 1 saturated heterocycles. The van der Waals surface area contributed by atoms with Crippen molar-refractivity contribution in [3.8, 4) is 28.3 Å². The Morgan fingerprint density at radius 2 is 1.82 bits per heavy atom. The first-order chi connectivity index (χ1) is 18.8. The molecule has 1 amide bonds. The van der Waals surface area contributed by atoms with Crippen molar-refractivity contribution in [1.82, 2.24) is 24.6 Å². The van der Waals surface area contributed by atoms with Crippen molar-refractivity contribution in [2.45, 2.75) is 78.5 Å². The summed E-state index contributed by atoms with van der Waals surface area (Å²) in [6, 6.07) is 5.57. The van der Waals surface area contributed by atoms with Gasteiger partial charge in [-0.2, -0.15) is 5.10 Å². The van der Waals surface area contributed by atoms with Crippen LogP contribution in [0.3, 0.4) is 0 Å². The van der Waals surface area contributed by atoms with Gasteiger partial charge in [0.15, 0.2) is 5.58 Å². The number of pyridine rings is 1. The zero-order valence-electron chi connectivity index (χ0n) is 24.3. The van der Waals surface area contributed by atoms with E-state index in [4.69, 9.17) is 19.1 Å². The maximum Gasteiger partial charge on any atom is 0.410 e. The maximum atomic E-state index is 12.4. The zero-order chi connectivity index (χ0) is 28.8. The Morgan fingerprint density at radius 3 is 2.50 bits per heavy atom. The number of oxazole rings is 1. The molecule has 1 aliphatic rings. The number of fused-ring (bicyclic) bond motifs is 1. The number of phenols is 1. The van der Waals surface area contributed by atoms with Crippen LogP contribution in [0.5, 0.6) is 5.75 Å². The van der Waals surface area contributed by atoms with Crippen molar-refractivity contribution < 1.29 is 19.1 Å². The fourth-order valence-electron chi connectivity index (χ4n) is 4.79. The predicted molar refractivity (Wildman–Crippen MR) is 154 cm³/mol. The SMILES string of the molecule is Cc1c(O)ccc2nc(-c3cc(-c4cnn(C5CCN(C(=O)OC(C)(C)C)CC5)c4)cnc3NC(C)(C)C)oc12. The molecule has 212 valence electrons. The van der Waals surface area contributed by atoms with Gasteiger partial charge in [0.25, 0.3) is 0 Å². The number of rotatable bonds is 4. The van der Waals surface area contributed by atoms with Gasteiger partial charge in [0, 0.05) is 47.7 Å². The van der Waals surface area contributed by atoms with Crippen LogP contribution < -0.4 is 5.32 Å². The third kappa shape index (κ3) is 5.90. The molecule has 0 saturated carbocycles. The molecule has 4 aromatic rings. The van der Waals surface area contributed by atoms with Gasteiger partial charge in [0.2, 0.25) is 5.89 Å². The number of aryl methyl sites for hydroxylation is 1. The first-order valence-corrected chi connectivity index (χ1v) is 13.7. The topological polar surface area (TPSA) is 119 Å². The Kier molecular flexibility index (Phi) is 6.97. The van der Waals surface area contributed by atoms with Crippen molar-refractivity contribution in [2.24, 2.45) is 0 Å². The Morgan fingerprint density at radius 1 is 1.10 bits per heavy atom. The molecule has 0 atom stereocenters. The van der Waals surface area contributed by atoms with Crippen LogP contribution in [0.15, 0.2) is 41.2 Å². The highest BCUT2D eigenvalue weighted by atomic mass is 16.6. The molecular formula is C30H38N6O4. The number of nitrogens with zero attached hydrogens (tertiary/aromatic N) is 5. The van der Waals surface area contributed by atoms with Crippen molar-refractivity contribution in [1.29, 1.82) is 0 Å². The summed E-state index contributed by atoms with van der Waals surface area (Å²) in [7, 11) is 0. The summed E-state index contributed by atoms with van der Waals surface area (Å²) in [6.07, 6.45) is 7.02. The van der Waals surface area contributed by atoms with Gasteiger partial charge in [-0.15, -0.1) is 0 Å². The summed E-state index contributed by atoms with van der Waals surface area (Å²) in [4.78, 5) is 23.7. The van der Waals surface area contributed by atoms with E-state index in [0.717, 1.165) is 29.5 Å². The van der Waals surface area contributed by atoms with Gasteiger partial charge in [0.05, 0.1) is 17.8 Å². The van der Waals surface area contributed by atoms with Crippen molar-refractivity contribution in [2.75, 3.05) is 18.4 Å². The van der Waals surface area contributed by atoms with Crippen LogP contribution in [-0.2, 0) is 4.74 Å². The van der Waals surface area contributed by atoms with E-state index < -0.39 is 5.60 Å². The number of ether oxygens (including phenoxy) is 1. The van der Waals surface area contributed by atoms with Gasteiger partial charge >= 0.3 is 6.09 Å². The van der Waals surface area contributed by atoms with Gasteiger partial charge in [-0.05, 0) is 79.5 Å². The second-order valence-corrected chi connectivity index (χ2v) is 12.5. The molecule has 1 fully saturated rings. The van der Waals surface area contributed by atoms with Gasteiger partial charge in [-0.1, -0.05) is 0 Å². The zero-order valence-corrected chi connectivity index (χ0v) is 24.3. The highest BCUT2D eigenvalue weighted by Gasteiger charge is 2.28. The van der Waals surface area contributed by atoms with E-state index in [9.17, 15) is 9.90 Å². The van der Waals surface area contributed by atoms with Gasteiger partial charge < -0.3 is 24.5 Å². The largest absolute Gasteiger partial charge is 0.508 e. The van der Waals surface area contributed by atoms with Crippen LogP contribution in [0.1, 0.15) is 66.0 Å². The van der Waals surface area contributed by atoms with E-state index in [1.807, 2.05) is 57.0 Å². The van der Waals surface area contributed by atoms with Crippen LogP contribution in [0.25, 0.3) is 33.7 Å². The molecule has 10 heteroatoms. The molecule has 5 rings (SSSR count). The number of piperidine rings is 1. The van der Waals surface area contributed by atoms with Crippen molar-refractivity contribution in [3.05, 3.63) is 42.4 Å². The Hall–Kier alpha value is -4.08. The molecular weight excluding hydrogens is 508 g/mol. The highest BCUT2D eigenvalue weighted by molar-refractivity contribution is 5.84. The third-order valence-corrected chi connectivity index (χ3v) is 6.81. The summed E-state index contributed by atoms with van der Waals surface area (Å²) < 4.78 is 13.7. The minimum atomic E-state index is -0.506. The Bertz CT molecular complexity index is 1530. The molecule has 0 unspecified atom stereocenters. The molecule has 0 bridgehead atoms. The van der Waals surface area contributed by atoms with E-state index >= 15 is 0 Å². The van der Waals surface area contributed by atoms with E-state index in [0.29, 0.717) is 41.5 Å². The predicted octanol–water partition coefficient (Wildman–Crippen LogP) is 6.55. The molecule has 1 aromatic carbocycles. The van der Waals surface area contributed by atoms with E-state index in [1.165, 1.54) is 0 Å². The molecule has 40 heavy (non-hydrogen) atoms. The Balaban J connectivity index is 1.41. The summed E-state index contributed by atoms with van der Waals surface area (Å²) in [5.74, 6) is 1.25. The number of likely N-dealkylation sites (tertiary alicyclic amines) is 1. The average Bonchev–Trinajstić information content (AvgIpc) is 3.53. The Labute approximate surface area is 234 Å². The molecule has 0 radical (unpaired) electrons. The molecule has 10 nitrogen and oxygen atoms in total. The summed E-state index contributed by atoms with van der Waals surface area (Å²) in [6.45, 7) is 14.9. The maximum absolute atomic E-state index is 12.4. The van der Waals surface area contributed by atoms with Crippen LogP contribution in [0.2, 0.25) is 0 Å². The smallest absolute Gasteiger partial charge is 0.410 e. The number of phenolic OH excluding ortho intramolecular Hbond substituents is 1. The molecule has 4 heterocycles. The quantitative estimate of drug-likeness (QED) is 0.296.